The fourth-order valence-corrected chi connectivity index (χ4v) is 6.13. The van der Waals surface area contributed by atoms with Crippen molar-refractivity contribution in [3.8, 4) is 17.0 Å². The Kier molecular flexibility index (Phi) is 9.91. The molecule has 2 aromatic carbocycles. The number of likely N-dealkylation sites (tertiary alicyclic amines) is 1. The van der Waals surface area contributed by atoms with E-state index in [0.717, 1.165) is 81.6 Å². The number of amides is 2. The van der Waals surface area contributed by atoms with Gasteiger partial charge < -0.3 is 20.7 Å². The molecule has 0 unspecified atom stereocenters. The Balaban J connectivity index is 1.04. The lowest BCUT2D eigenvalue weighted by atomic mass is 9.83. The Labute approximate surface area is 247 Å². The van der Waals surface area contributed by atoms with E-state index in [4.69, 9.17) is 22.1 Å². The van der Waals surface area contributed by atoms with Crippen LogP contribution in [0.25, 0.3) is 11.3 Å². The molecule has 2 amide bonds. The van der Waals surface area contributed by atoms with Crippen molar-refractivity contribution in [3.63, 3.8) is 0 Å². The van der Waals surface area contributed by atoms with Gasteiger partial charge in [-0.3, -0.25) is 14.6 Å². The van der Waals surface area contributed by atoms with Gasteiger partial charge in [0.1, 0.15) is 5.75 Å². The number of primary amides is 1. The monoisotopic (exact) mass is 574 g/mol. The molecule has 7 nitrogen and oxygen atoms in total. The molecule has 1 aliphatic carbocycles. The van der Waals surface area contributed by atoms with Crippen molar-refractivity contribution >= 4 is 23.4 Å². The second-order valence-corrected chi connectivity index (χ2v) is 11.5. The van der Waals surface area contributed by atoms with E-state index in [1.54, 1.807) is 12.3 Å². The molecule has 2 heterocycles. The summed E-state index contributed by atoms with van der Waals surface area (Å²) in [7, 11) is 0. The van der Waals surface area contributed by atoms with E-state index < -0.39 is 5.91 Å². The fraction of sp³-hybridized carbons (Fsp3) is 0.424. The van der Waals surface area contributed by atoms with Crippen molar-refractivity contribution in [1.29, 1.82) is 0 Å². The van der Waals surface area contributed by atoms with Crippen molar-refractivity contribution in [2.45, 2.75) is 57.3 Å². The van der Waals surface area contributed by atoms with Gasteiger partial charge in [-0.15, -0.1) is 0 Å². The molecule has 1 aromatic heterocycles. The molecular formula is C33H39ClN4O3. The lowest BCUT2D eigenvalue weighted by molar-refractivity contribution is -0.120. The summed E-state index contributed by atoms with van der Waals surface area (Å²) in [5.41, 5.74) is 11.7. The maximum absolute atomic E-state index is 12.6. The first kappa shape index (κ1) is 29.1. The smallest absolute Gasteiger partial charge is 0.255 e. The van der Waals surface area contributed by atoms with Gasteiger partial charge in [-0.05, 0) is 118 Å². The van der Waals surface area contributed by atoms with Crippen LogP contribution >= 0.6 is 11.6 Å². The van der Waals surface area contributed by atoms with E-state index in [1.165, 1.54) is 23.1 Å². The predicted molar refractivity (Wildman–Crippen MR) is 162 cm³/mol. The highest BCUT2D eigenvalue weighted by atomic mass is 35.5. The standard InChI is InChI=1S/C33H39ClN4O3/c34-27-12-14-30(37-21-27)25-7-9-26(10-8-25)33(40)36-17-3-4-18-38-19-15-24(16-20-38)29-13-11-23-5-1-2-6-28(23)32(29)41-22-31(35)39/h7-14,21,24H,1-6,15-20,22H2,(H2,35,39)(H,36,40). The van der Waals surface area contributed by atoms with Gasteiger partial charge in [0.25, 0.3) is 11.8 Å². The van der Waals surface area contributed by atoms with Crippen LogP contribution in [-0.4, -0.2) is 54.5 Å². The number of fused-ring (bicyclic) bond motifs is 1. The fourth-order valence-electron chi connectivity index (χ4n) is 6.02. The first-order chi connectivity index (χ1) is 20.0. The molecule has 0 spiro atoms. The number of pyridine rings is 1. The number of hydrogen-bond acceptors (Lipinski definition) is 5. The molecule has 0 saturated carbocycles. The quantitative estimate of drug-likeness (QED) is 0.293. The Morgan fingerprint density at radius 2 is 1.78 bits per heavy atom. The molecule has 1 saturated heterocycles. The number of halogens is 1. The van der Waals surface area contributed by atoms with E-state index >= 15 is 0 Å². The van der Waals surface area contributed by atoms with E-state index in [0.29, 0.717) is 23.0 Å². The lowest BCUT2D eigenvalue weighted by Crippen LogP contribution is -2.34. The second-order valence-electron chi connectivity index (χ2n) is 11.1. The van der Waals surface area contributed by atoms with Crippen molar-refractivity contribution in [3.05, 3.63) is 82.0 Å². The van der Waals surface area contributed by atoms with Crippen LogP contribution in [0.1, 0.15) is 71.5 Å². The average molecular weight is 575 g/mol. The number of benzene rings is 2. The summed E-state index contributed by atoms with van der Waals surface area (Å²) < 4.78 is 6.02. The highest BCUT2D eigenvalue weighted by Gasteiger charge is 2.26. The Bertz CT molecular complexity index is 1340. The maximum Gasteiger partial charge on any atom is 0.255 e. The van der Waals surface area contributed by atoms with Gasteiger partial charge in [-0.25, -0.2) is 0 Å². The number of aryl methyl sites for hydroxylation is 1. The highest BCUT2D eigenvalue weighted by Crippen LogP contribution is 2.40. The molecular weight excluding hydrogens is 536 g/mol. The SMILES string of the molecule is NC(=O)COc1c(C2CCN(CCCCNC(=O)c3ccc(-c4ccc(Cl)cn4)cc3)CC2)ccc2c1CCCC2. The zero-order chi connectivity index (χ0) is 28.6. The number of aromatic nitrogens is 1. The van der Waals surface area contributed by atoms with Gasteiger partial charge in [-0.1, -0.05) is 35.9 Å². The van der Waals surface area contributed by atoms with Crippen molar-refractivity contribution in [1.82, 2.24) is 15.2 Å². The number of hydrogen-bond donors (Lipinski definition) is 2. The molecule has 3 aromatic rings. The topological polar surface area (TPSA) is 97.5 Å². The number of piperidine rings is 1. The van der Waals surface area contributed by atoms with Crippen LogP contribution in [0.15, 0.2) is 54.7 Å². The zero-order valence-corrected chi connectivity index (χ0v) is 24.3. The molecule has 0 radical (unpaired) electrons. The van der Waals surface area contributed by atoms with Crippen molar-refractivity contribution in [2.24, 2.45) is 5.73 Å². The summed E-state index contributed by atoms with van der Waals surface area (Å²) >= 11 is 5.92. The molecule has 8 heteroatoms. The molecule has 0 bridgehead atoms. The summed E-state index contributed by atoms with van der Waals surface area (Å²) in [6, 6.07) is 15.7. The van der Waals surface area contributed by atoms with Gasteiger partial charge >= 0.3 is 0 Å². The number of nitrogens with zero attached hydrogens (tertiary/aromatic N) is 2. The van der Waals surface area contributed by atoms with Crippen LogP contribution in [0, 0.1) is 0 Å². The van der Waals surface area contributed by atoms with Crippen LogP contribution in [0.2, 0.25) is 5.02 Å². The Hall–Kier alpha value is -3.42. The number of carbonyl (C=O) groups excluding carboxylic acids is 2. The summed E-state index contributed by atoms with van der Waals surface area (Å²) in [5, 5.41) is 3.64. The molecule has 41 heavy (non-hydrogen) atoms. The lowest BCUT2D eigenvalue weighted by Gasteiger charge is -2.34. The van der Waals surface area contributed by atoms with Crippen molar-refractivity contribution < 1.29 is 14.3 Å². The van der Waals surface area contributed by atoms with Gasteiger partial charge in [0.2, 0.25) is 0 Å². The molecule has 1 fully saturated rings. The third-order valence-corrected chi connectivity index (χ3v) is 8.48. The van der Waals surface area contributed by atoms with Crippen LogP contribution in [-0.2, 0) is 17.6 Å². The Morgan fingerprint density at radius 3 is 2.51 bits per heavy atom. The minimum absolute atomic E-state index is 0.0548. The third kappa shape index (κ3) is 7.66. The predicted octanol–water partition coefficient (Wildman–Crippen LogP) is 5.53. The average Bonchev–Trinajstić information content (AvgIpc) is 3.00. The number of nitrogens with one attached hydrogen (secondary N) is 1. The Morgan fingerprint density at radius 1 is 1.00 bits per heavy atom. The van der Waals surface area contributed by atoms with Crippen LogP contribution in [0.5, 0.6) is 5.75 Å². The summed E-state index contributed by atoms with van der Waals surface area (Å²) in [4.78, 5) is 30.9. The number of carbonyl (C=O) groups is 2. The third-order valence-electron chi connectivity index (χ3n) is 8.25. The van der Waals surface area contributed by atoms with E-state index in [2.05, 4.69) is 27.3 Å². The van der Waals surface area contributed by atoms with Gasteiger partial charge in [0.15, 0.2) is 6.61 Å². The number of nitrogens with two attached hydrogens (primary N) is 1. The molecule has 3 N–H and O–H groups in total. The van der Waals surface area contributed by atoms with Crippen LogP contribution < -0.4 is 15.8 Å². The maximum atomic E-state index is 12.6. The first-order valence-electron chi connectivity index (χ1n) is 14.8. The number of unbranched alkanes of at least 4 members (excludes halogenated alkanes) is 1. The number of ether oxygens (including phenoxy) is 1. The molecule has 5 rings (SSSR count). The largest absolute Gasteiger partial charge is 0.483 e. The van der Waals surface area contributed by atoms with Crippen molar-refractivity contribution in [2.75, 3.05) is 32.8 Å². The van der Waals surface area contributed by atoms with Crippen LogP contribution in [0.3, 0.4) is 0 Å². The summed E-state index contributed by atoms with van der Waals surface area (Å²) in [6.45, 7) is 3.70. The van der Waals surface area contributed by atoms with E-state index in [-0.39, 0.29) is 12.5 Å². The molecule has 216 valence electrons. The summed E-state index contributed by atoms with van der Waals surface area (Å²) in [5.74, 6) is 0.870. The first-order valence-corrected chi connectivity index (χ1v) is 15.1. The highest BCUT2D eigenvalue weighted by molar-refractivity contribution is 6.30. The zero-order valence-electron chi connectivity index (χ0n) is 23.5. The van der Waals surface area contributed by atoms with E-state index in [9.17, 15) is 9.59 Å². The van der Waals surface area contributed by atoms with Gasteiger partial charge in [0, 0.05) is 23.9 Å². The molecule has 1 aliphatic heterocycles. The van der Waals surface area contributed by atoms with E-state index in [1.807, 2.05) is 30.3 Å². The summed E-state index contributed by atoms with van der Waals surface area (Å²) in [6.07, 6.45) is 10.2. The van der Waals surface area contributed by atoms with Crippen LogP contribution in [0.4, 0.5) is 0 Å². The minimum atomic E-state index is -0.431. The van der Waals surface area contributed by atoms with Gasteiger partial charge in [0.05, 0.1) is 10.7 Å². The second kappa shape index (κ2) is 14.0. The molecule has 0 atom stereocenters. The normalized spacial score (nSPS) is 15.7. The molecule has 2 aliphatic rings. The van der Waals surface area contributed by atoms with Gasteiger partial charge in [-0.2, -0.15) is 0 Å². The number of rotatable bonds is 11. The minimum Gasteiger partial charge on any atom is -0.483 e.